The molecule has 4 heteroatoms. The predicted molar refractivity (Wildman–Crippen MR) is 87.3 cm³/mol. The second-order valence-corrected chi connectivity index (χ2v) is 5.41. The van der Waals surface area contributed by atoms with Gasteiger partial charge in [-0.3, -0.25) is 4.79 Å². The Labute approximate surface area is 130 Å². The quantitative estimate of drug-likeness (QED) is 0.805. The van der Waals surface area contributed by atoms with Gasteiger partial charge in [-0.2, -0.15) is 0 Å². The smallest absolute Gasteiger partial charge is 0.220 e. The summed E-state index contributed by atoms with van der Waals surface area (Å²) in [5.74, 6) is 0.0615. The van der Waals surface area contributed by atoms with Crippen molar-refractivity contribution in [1.29, 1.82) is 0 Å². The van der Waals surface area contributed by atoms with Gasteiger partial charge in [-0.05, 0) is 48.2 Å². The summed E-state index contributed by atoms with van der Waals surface area (Å²) in [7, 11) is 0. The van der Waals surface area contributed by atoms with Gasteiger partial charge in [-0.15, -0.1) is 0 Å². The summed E-state index contributed by atoms with van der Waals surface area (Å²) in [6, 6.07) is 15.3. The molecule has 0 heterocycles. The molecule has 0 unspecified atom stereocenters. The minimum Gasteiger partial charge on any atom is -0.399 e. The summed E-state index contributed by atoms with van der Waals surface area (Å²) in [4.78, 5) is 11.8. The first-order valence-electron chi connectivity index (χ1n) is 6.99. The molecule has 0 saturated carbocycles. The van der Waals surface area contributed by atoms with Crippen molar-refractivity contribution in [1.82, 2.24) is 5.32 Å². The predicted octanol–water partition coefficient (Wildman–Crippen LogP) is 3.21. The highest BCUT2D eigenvalue weighted by Gasteiger charge is 2.02. The standard InChI is InChI=1S/C17H19ClN2O/c18-15-7-4-13(5-8-15)10-11-20-17(21)9-6-14-2-1-3-16(19)12-14/h1-5,7-8,12H,6,9-11,19H2,(H,20,21). The highest BCUT2D eigenvalue weighted by Crippen LogP contribution is 2.10. The minimum atomic E-state index is 0.0615. The number of nitrogens with two attached hydrogens (primary N) is 1. The number of benzene rings is 2. The fourth-order valence-electron chi connectivity index (χ4n) is 2.09. The van der Waals surface area contributed by atoms with E-state index >= 15 is 0 Å². The summed E-state index contributed by atoms with van der Waals surface area (Å²) in [5, 5.41) is 3.65. The lowest BCUT2D eigenvalue weighted by atomic mass is 10.1. The Hall–Kier alpha value is -2.00. The van der Waals surface area contributed by atoms with Crippen LogP contribution in [0.5, 0.6) is 0 Å². The summed E-state index contributed by atoms with van der Waals surface area (Å²) in [5.41, 5.74) is 8.69. The number of aryl methyl sites for hydroxylation is 1. The van der Waals surface area contributed by atoms with Gasteiger partial charge in [0.2, 0.25) is 5.91 Å². The molecule has 0 atom stereocenters. The Kier molecular flexibility index (Phi) is 5.64. The summed E-state index contributed by atoms with van der Waals surface area (Å²) >= 11 is 5.83. The van der Waals surface area contributed by atoms with Crippen LogP contribution >= 0.6 is 11.6 Å². The van der Waals surface area contributed by atoms with E-state index in [-0.39, 0.29) is 5.91 Å². The van der Waals surface area contributed by atoms with Gasteiger partial charge in [-0.1, -0.05) is 35.9 Å². The Morgan fingerprint density at radius 3 is 2.52 bits per heavy atom. The number of nitrogens with one attached hydrogen (secondary N) is 1. The summed E-state index contributed by atoms with van der Waals surface area (Å²) in [6.07, 6.45) is 1.99. The maximum absolute atomic E-state index is 11.8. The minimum absolute atomic E-state index is 0.0615. The number of halogens is 1. The maximum Gasteiger partial charge on any atom is 0.220 e. The van der Waals surface area contributed by atoms with Crippen LogP contribution in [-0.2, 0) is 17.6 Å². The number of nitrogen functional groups attached to an aromatic ring is 1. The normalized spacial score (nSPS) is 10.3. The van der Waals surface area contributed by atoms with Crippen LogP contribution in [0.1, 0.15) is 17.5 Å². The number of anilines is 1. The Bertz CT molecular complexity index is 596. The molecule has 0 aliphatic rings. The molecule has 0 fully saturated rings. The molecular weight excluding hydrogens is 284 g/mol. The number of amides is 1. The molecule has 0 spiro atoms. The van der Waals surface area contributed by atoms with E-state index in [1.807, 2.05) is 48.5 Å². The average molecular weight is 303 g/mol. The zero-order chi connectivity index (χ0) is 15.1. The highest BCUT2D eigenvalue weighted by molar-refractivity contribution is 6.30. The first kappa shape index (κ1) is 15.4. The molecule has 0 bridgehead atoms. The van der Waals surface area contributed by atoms with Crippen molar-refractivity contribution >= 4 is 23.2 Å². The van der Waals surface area contributed by atoms with E-state index in [1.165, 1.54) is 0 Å². The Morgan fingerprint density at radius 2 is 1.81 bits per heavy atom. The van der Waals surface area contributed by atoms with Crippen molar-refractivity contribution in [3.63, 3.8) is 0 Å². The molecule has 3 nitrogen and oxygen atoms in total. The second kappa shape index (κ2) is 7.70. The van der Waals surface area contributed by atoms with Crippen molar-refractivity contribution in [2.24, 2.45) is 0 Å². The number of rotatable bonds is 6. The second-order valence-electron chi connectivity index (χ2n) is 4.97. The van der Waals surface area contributed by atoms with Crippen LogP contribution < -0.4 is 11.1 Å². The van der Waals surface area contributed by atoms with E-state index < -0.39 is 0 Å². The Balaban J connectivity index is 1.69. The molecule has 21 heavy (non-hydrogen) atoms. The third-order valence-electron chi connectivity index (χ3n) is 3.24. The van der Waals surface area contributed by atoms with E-state index in [0.29, 0.717) is 19.4 Å². The molecule has 110 valence electrons. The molecular formula is C17H19ClN2O. The lowest BCUT2D eigenvalue weighted by molar-refractivity contribution is -0.121. The zero-order valence-electron chi connectivity index (χ0n) is 11.8. The SMILES string of the molecule is Nc1cccc(CCC(=O)NCCc2ccc(Cl)cc2)c1. The van der Waals surface area contributed by atoms with Crippen LogP contribution in [0.3, 0.4) is 0 Å². The van der Waals surface area contributed by atoms with Gasteiger partial charge in [-0.25, -0.2) is 0 Å². The maximum atomic E-state index is 11.8. The third kappa shape index (κ3) is 5.48. The van der Waals surface area contributed by atoms with E-state index in [1.54, 1.807) is 0 Å². The number of carbonyl (C=O) groups is 1. The Morgan fingerprint density at radius 1 is 1.05 bits per heavy atom. The van der Waals surface area contributed by atoms with Gasteiger partial charge >= 0.3 is 0 Å². The molecule has 1 amide bonds. The van der Waals surface area contributed by atoms with Crippen molar-refractivity contribution in [3.05, 3.63) is 64.7 Å². The summed E-state index contributed by atoms with van der Waals surface area (Å²) < 4.78 is 0. The van der Waals surface area contributed by atoms with Crippen LogP contribution in [0, 0.1) is 0 Å². The van der Waals surface area contributed by atoms with Crippen molar-refractivity contribution < 1.29 is 4.79 Å². The first-order valence-corrected chi connectivity index (χ1v) is 7.37. The molecule has 0 saturated heterocycles. The first-order chi connectivity index (χ1) is 10.1. The van der Waals surface area contributed by atoms with Gasteiger partial charge in [0, 0.05) is 23.7 Å². The number of carbonyl (C=O) groups excluding carboxylic acids is 1. The highest BCUT2D eigenvalue weighted by atomic mass is 35.5. The van der Waals surface area contributed by atoms with E-state index in [2.05, 4.69) is 5.32 Å². The van der Waals surface area contributed by atoms with Crippen molar-refractivity contribution in [2.45, 2.75) is 19.3 Å². The van der Waals surface area contributed by atoms with E-state index in [9.17, 15) is 4.79 Å². The molecule has 0 radical (unpaired) electrons. The summed E-state index contributed by atoms with van der Waals surface area (Å²) in [6.45, 7) is 0.636. The van der Waals surface area contributed by atoms with Gasteiger partial charge in [0.25, 0.3) is 0 Å². The number of hydrogen-bond donors (Lipinski definition) is 2. The van der Waals surface area contributed by atoms with Crippen LogP contribution in [-0.4, -0.2) is 12.5 Å². The molecule has 2 rings (SSSR count). The monoisotopic (exact) mass is 302 g/mol. The lowest BCUT2D eigenvalue weighted by Crippen LogP contribution is -2.25. The number of hydrogen-bond acceptors (Lipinski definition) is 2. The van der Waals surface area contributed by atoms with Gasteiger partial charge in [0.15, 0.2) is 0 Å². The molecule has 2 aromatic rings. The lowest BCUT2D eigenvalue weighted by Gasteiger charge is -2.06. The fraction of sp³-hybridized carbons (Fsp3) is 0.235. The van der Waals surface area contributed by atoms with Crippen LogP contribution in [0.25, 0.3) is 0 Å². The van der Waals surface area contributed by atoms with E-state index in [0.717, 1.165) is 28.3 Å². The van der Waals surface area contributed by atoms with E-state index in [4.69, 9.17) is 17.3 Å². The van der Waals surface area contributed by atoms with Crippen molar-refractivity contribution in [2.75, 3.05) is 12.3 Å². The van der Waals surface area contributed by atoms with Gasteiger partial charge in [0.05, 0.1) is 0 Å². The van der Waals surface area contributed by atoms with Crippen molar-refractivity contribution in [3.8, 4) is 0 Å². The third-order valence-corrected chi connectivity index (χ3v) is 3.49. The van der Waals surface area contributed by atoms with Gasteiger partial charge < -0.3 is 11.1 Å². The topological polar surface area (TPSA) is 55.1 Å². The fourth-order valence-corrected chi connectivity index (χ4v) is 2.22. The van der Waals surface area contributed by atoms with Crippen LogP contribution in [0.15, 0.2) is 48.5 Å². The molecule has 0 aliphatic carbocycles. The molecule has 0 aliphatic heterocycles. The molecule has 3 N–H and O–H groups in total. The molecule has 0 aromatic heterocycles. The van der Waals surface area contributed by atoms with Gasteiger partial charge in [0.1, 0.15) is 0 Å². The molecule has 2 aromatic carbocycles. The van der Waals surface area contributed by atoms with Crippen LogP contribution in [0.4, 0.5) is 5.69 Å². The average Bonchev–Trinajstić information content (AvgIpc) is 2.47. The largest absolute Gasteiger partial charge is 0.399 e. The van der Waals surface area contributed by atoms with Crippen LogP contribution in [0.2, 0.25) is 5.02 Å². The zero-order valence-corrected chi connectivity index (χ0v) is 12.6.